The van der Waals surface area contributed by atoms with Crippen molar-refractivity contribution in [2.45, 2.75) is 37.6 Å². The van der Waals surface area contributed by atoms with Crippen molar-refractivity contribution in [3.05, 3.63) is 0 Å². The molecule has 2 heterocycles. The maximum Gasteiger partial charge on any atom is 0.305 e. The number of carboxylic acids is 1. The van der Waals surface area contributed by atoms with E-state index in [4.69, 9.17) is 5.11 Å². The van der Waals surface area contributed by atoms with Gasteiger partial charge in [0.05, 0.1) is 6.42 Å². The summed E-state index contributed by atoms with van der Waals surface area (Å²) >= 11 is 0. The Balaban J connectivity index is 2.13. The topological polar surface area (TPSA) is 43.8 Å². The lowest BCUT2D eigenvalue weighted by Gasteiger charge is -2.47. The van der Waals surface area contributed by atoms with Crippen LogP contribution in [0.4, 0.5) is 0 Å². The second kappa shape index (κ2) is 4.72. The normalized spacial score (nSPS) is 33.1. The Hall–Kier alpha value is -0.610. The molecule has 2 fully saturated rings. The molecule has 0 radical (unpaired) electrons. The summed E-state index contributed by atoms with van der Waals surface area (Å²) in [5.41, 5.74) is -0.0880. The van der Waals surface area contributed by atoms with Crippen molar-refractivity contribution in [2.24, 2.45) is 0 Å². The Kier molecular flexibility index (Phi) is 3.50. The quantitative estimate of drug-likeness (QED) is 0.780. The average molecular weight is 226 g/mol. The fraction of sp³-hybridized carbons (Fsp3) is 0.917. The first kappa shape index (κ1) is 11.9. The minimum absolute atomic E-state index is 0.0880. The molecular weight excluding hydrogens is 204 g/mol. The third-order valence-electron chi connectivity index (χ3n) is 4.00. The van der Waals surface area contributed by atoms with Gasteiger partial charge in [-0.15, -0.1) is 0 Å². The molecule has 2 saturated heterocycles. The lowest BCUT2D eigenvalue weighted by molar-refractivity contribution is -0.141. The molecule has 92 valence electrons. The molecule has 0 amide bonds. The maximum absolute atomic E-state index is 11.1. The summed E-state index contributed by atoms with van der Waals surface area (Å²) in [5.74, 6) is -0.651. The van der Waals surface area contributed by atoms with Gasteiger partial charge in [-0.3, -0.25) is 9.69 Å². The Labute approximate surface area is 97.2 Å². The van der Waals surface area contributed by atoms with E-state index in [1.807, 2.05) is 0 Å². The second-order valence-electron chi connectivity index (χ2n) is 5.33. The average Bonchev–Trinajstić information content (AvgIpc) is 2.69. The molecule has 2 aliphatic heterocycles. The van der Waals surface area contributed by atoms with Crippen LogP contribution in [0, 0.1) is 0 Å². The van der Waals surface area contributed by atoms with Crippen molar-refractivity contribution >= 4 is 5.97 Å². The van der Waals surface area contributed by atoms with Gasteiger partial charge in [0, 0.05) is 12.1 Å². The third-order valence-corrected chi connectivity index (χ3v) is 4.00. The fourth-order valence-electron chi connectivity index (χ4n) is 3.33. The number of piperidine rings is 1. The van der Waals surface area contributed by atoms with Crippen molar-refractivity contribution in [1.29, 1.82) is 0 Å². The van der Waals surface area contributed by atoms with Crippen molar-refractivity contribution < 1.29 is 9.90 Å². The van der Waals surface area contributed by atoms with E-state index in [0.29, 0.717) is 6.42 Å². The Morgan fingerprint density at radius 2 is 1.94 bits per heavy atom. The second-order valence-corrected chi connectivity index (χ2v) is 5.33. The zero-order valence-corrected chi connectivity index (χ0v) is 10.1. The summed E-state index contributed by atoms with van der Waals surface area (Å²) in [7, 11) is 2.10. The predicted molar refractivity (Wildman–Crippen MR) is 62.5 cm³/mol. The van der Waals surface area contributed by atoms with Gasteiger partial charge in [-0.25, -0.2) is 0 Å². The highest BCUT2D eigenvalue weighted by Crippen LogP contribution is 2.33. The van der Waals surface area contributed by atoms with Gasteiger partial charge in [-0.05, 0) is 52.4 Å². The van der Waals surface area contributed by atoms with E-state index < -0.39 is 5.97 Å². The van der Waals surface area contributed by atoms with Crippen molar-refractivity contribution in [1.82, 2.24) is 9.80 Å². The molecular formula is C12H22N2O2. The van der Waals surface area contributed by atoms with Gasteiger partial charge < -0.3 is 10.0 Å². The standard InChI is InChI=1S/C12H22N2O2/c1-13-6-4-5-12(10-13,9-11(15)16)14-7-2-3-8-14/h2-10H2,1H3,(H,15,16). The highest BCUT2D eigenvalue weighted by Gasteiger charge is 2.42. The van der Waals surface area contributed by atoms with E-state index in [9.17, 15) is 4.79 Å². The van der Waals surface area contributed by atoms with Gasteiger partial charge in [0.15, 0.2) is 0 Å². The van der Waals surface area contributed by atoms with Crippen molar-refractivity contribution in [3.8, 4) is 0 Å². The molecule has 0 aromatic heterocycles. The zero-order valence-electron chi connectivity index (χ0n) is 10.1. The molecule has 4 nitrogen and oxygen atoms in total. The van der Waals surface area contributed by atoms with Crippen LogP contribution in [-0.2, 0) is 4.79 Å². The summed E-state index contributed by atoms with van der Waals surface area (Å²) in [6.45, 7) is 4.19. The highest BCUT2D eigenvalue weighted by molar-refractivity contribution is 5.68. The molecule has 0 aliphatic carbocycles. The predicted octanol–water partition coefficient (Wildman–Crippen LogP) is 1.02. The first-order valence-electron chi connectivity index (χ1n) is 6.28. The van der Waals surface area contributed by atoms with Crippen LogP contribution < -0.4 is 0 Å². The summed E-state index contributed by atoms with van der Waals surface area (Å²) in [5, 5.41) is 9.13. The Morgan fingerprint density at radius 1 is 1.25 bits per heavy atom. The summed E-state index contributed by atoms with van der Waals surface area (Å²) < 4.78 is 0. The van der Waals surface area contributed by atoms with Crippen LogP contribution in [0.25, 0.3) is 0 Å². The number of likely N-dealkylation sites (N-methyl/N-ethyl adjacent to an activating group) is 1. The van der Waals surface area contributed by atoms with Gasteiger partial charge in [0.25, 0.3) is 0 Å². The highest BCUT2D eigenvalue weighted by atomic mass is 16.4. The van der Waals surface area contributed by atoms with Crippen LogP contribution >= 0.6 is 0 Å². The molecule has 0 spiro atoms. The minimum atomic E-state index is -0.651. The zero-order chi connectivity index (χ0) is 11.6. The minimum Gasteiger partial charge on any atom is -0.481 e. The largest absolute Gasteiger partial charge is 0.481 e. The van der Waals surface area contributed by atoms with E-state index >= 15 is 0 Å². The van der Waals surface area contributed by atoms with E-state index in [-0.39, 0.29) is 5.54 Å². The van der Waals surface area contributed by atoms with Crippen LogP contribution in [0.2, 0.25) is 0 Å². The molecule has 4 heteroatoms. The van der Waals surface area contributed by atoms with Gasteiger partial charge in [-0.2, -0.15) is 0 Å². The molecule has 1 unspecified atom stereocenters. The number of nitrogens with zero attached hydrogens (tertiary/aromatic N) is 2. The van der Waals surface area contributed by atoms with E-state index in [0.717, 1.165) is 39.0 Å². The molecule has 16 heavy (non-hydrogen) atoms. The SMILES string of the molecule is CN1CCCC(CC(=O)O)(N2CCCC2)C1. The third kappa shape index (κ3) is 2.38. The maximum atomic E-state index is 11.1. The Bertz CT molecular complexity index is 264. The molecule has 0 saturated carbocycles. The molecule has 1 N–H and O–H groups in total. The van der Waals surface area contributed by atoms with Gasteiger partial charge in [0.1, 0.15) is 0 Å². The van der Waals surface area contributed by atoms with Gasteiger partial charge in [-0.1, -0.05) is 0 Å². The Morgan fingerprint density at radius 3 is 2.50 bits per heavy atom. The smallest absolute Gasteiger partial charge is 0.305 e. The molecule has 0 bridgehead atoms. The molecule has 0 aromatic carbocycles. The van der Waals surface area contributed by atoms with E-state index in [2.05, 4.69) is 16.8 Å². The van der Waals surface area contributed by atoms with Crippen molar-refractivity contribution in [2.75, 3.05) is 33.2 Å². The van der Waals surface area contributed by atoms with Crippen LogP contribution in [0.1, 0.15) is 32.1 Å². The van der Waals surface area contributed by atoms with Crippen LogP contribution in [0.5, 0.6) is 0 Å². The number of hydrogen-bond acceptors (Lipinski definition) is 3. The molecule has 1 atom stereocenters. The lowest BCUT2D eigenvalue weighted by atomic mass is 9.84. The summed E-state index contributed by atoms with van der Waals surface area (Å²) in [6.07, 6.45) is 4.93. The number of carboxylic acid groups (broad SMARTS) is 1. The van der Waals surface area contributed by atoms with Gasteiger partial charge >= 0.3 is 5.97 Å². The lowest BCUT2D eigenvalue weighted by Crippen LogP contribution is -2.58. The monoisotopic (exact) mass is 226 g/mol. The molecule has 2 aliphatic rings. The number of likely N-dealkylation sites (tertiary alicyclic amines) is 2. The number of rotatable bonds is 3. The van der Waals surface area contributed by atoms with Crippen LogP contribution in [0.15, 0.2) is 0 Å². The van der Waals surface area contributed by atoms with Crippen molar-refractivity contribution in [3.63, 3.8) is 0 Å². The van der Waals surface area contributed by atoms with Crippen LogP contribution in [-0.4, -0.2) is 59.6 Å². The van der Waals surface area contributed by atoms with Crippen LogP contribution in [0.3, 0.4) is 0 Å². The molecule has 2 rings (SSSR count). The fourth-order valence-corrected chi connectivity index (χ4v) is 3.33. The summed E-state index contributed by atoms with van der Waals surface area (Å²) in [6, 6.07) is 0. The van der Waals surface area contributed by atoms with E-state index in [1.54, 1.807) is 0 Å². The summed E-state index contributed by atoms with van der Waals surface area (Å²) in [4.78, 5) is 15.8. The first-order valence-corrected chi connectivity index (χ1v) is 6.28. The van der Waals surface area contributed by atoms with E-state index in [1.165, 1.54) is 12.8 Å². The first-order chi connectivity index (χ1) is 7.62. The number of aliphatic carboxylic acids is 1. The number of hydrogen-bond donors (Lipinski definition) is 1. The van der Waals surface area contributed by atoms with Gasteiger partial charge in [0.2, 0.25) is 0 Å². The number of carbonyl (C=O) groups is 1. The molecule has 0 aromatic rings.